The van der Waals surface area contributed by atoms with Crippen LogP contribution in [0.5, 0.6) is 0 Å². The van der Waals surface area contributed by atoms with E-state index in [2.05, 4.69) is 62.1 Å². The van der Waals surface area contributed by atoms with Crippen LogP contribution in [0.3, 0.4) is 0 Å². The molecule has 0 bridgehead atoms. The van der Waals surface area contributed by atoms with Crippen LogP contribution in [-0.2, 0) is 10.3 Å². The Kier molecular flexibility index (Phi) is 2.98. The van der Waals surface area contributed by atoms with Crippen molar-refractivity contribution in [2.75, 3.05) is 6.54 Å². The van der Waals surface area contributed by atoms with Gasteiger partial charge >= 0.3 is 0 Å². The van der Waals surface area contributed by atoms with Crippen molar-refractivity contribution < 1.29 is 0 Å². The van der Waals surface area contributed by atoms with Gasteiger partial charge in [0.15, 0.2) is 0 Å². The van der Waals surface area contributed by atoms with Gasteiger partial charge in [0.25, 0.3) is 0 Å². The normalized spacial score (nSPS) is 34.3. The van der Waals surface area contributed by atoms with Crippen molar-refractivity contribution in [3.63, 3.8) is 0 Å². The Morgan fingerprint density at radius 1 is 1.17 bits per heavy atom. The van der Waals surface area contributed by atoms with E-state index in [1.807, 2.05) is 0 Å². The van der Waals surface area contributed by atoms with Gasteiger partial charge in [0, 0.05) is 5.25 Å². The molecule has 1 aliphatic heterocycles. The van der Waals surface area contributed by atoms with Crippen molar-refractivity contribution in [1.29, 1.82) is 0 Å². The van der Waals surface area contributed by atoms with Gasteiger partial charge in [-0.25, -0.2) is 0 Å². The first-order chi connectivity index (χ1) is 8.54. The van der Waals surface area contributed by atoms with Crippen LogP contribution in [0.2, 0.25) is 0 Å². The summed E-state index contributed by atoms with van der Waals surface area (Å²) in [6.45, 7) is 8.30. The number of thioether (sulfide) groups is 1. The van der Waals surface area contributed by atoms with Crippen molar-refractivity contribution in [3.05, 3.63) is 35.4 Å². The molecule has 1 heterocycles. The van der Waals surface area contributed by atoms with Gasteiger partial charge in [0.1, 0.15) is 0 Å². The summed E-state index contributed by atoms with van der Waals surface area (Å²) in [6.07, 6.45) is 3.82. The summed E-state index contributed by atoms with van der Waals surface area (Å²) in [4.78, 5) is 0.184. The minimum Gasteiger partial charge on any atom is -0.299 e. The van der Waals surface area contributed by atoms with Crippen LogP contribution in [0.15, 0.2) is 24.3 Å². The van der Waals surface area contributed by atoms with E-state index in [-0.39, 0.29) is 4.87 Å². The van der Waals surface area contributed by atoms with Gasteiger partial charge in [-0.3, -0.25) is 5.32 Å². The van der Waals surface area contributed by atoms with E-state index < -0.39 is 0 Å². The van der Waals surface area contributed by atoms with Crippen LogP contribution in [0.25, 0.3) is 0 Å². The van der Waals surface area contributed by atoms with Gasteiger partial charge in [0.2, 0.25) is 0 Å². The summed E-state index contributed by atoms with van der Waals surface area (Å²) in [5.74, 6) is 0. The fourth-order valence-corrected chi connectivity index (χ4v) is 5.04. The zero-order chi connectivity index (χ0) is 12.8. The van der Waals surface area contributed by atoms with Crippen molar-refractivity contribution >= 4 is 11.8 Å². The molecular formula is C16H23NS. The van der Waals surface area contributed by atoms with E-state index in [4.69, 9.17) is 0 Å². The molecule has 2 unspecified atom stereocenters. The standard InChI is InChI=1S/C16H23NS/c1-12-8-11-17-16(18-12)10-9-15(2,3)13-6-4-5-7-14(13)16/h4-7,12,17H,8-11H2,1-3H3. The maximum atomic E-state index is 3.82. The van der Waals surface area contributed by atoms with Crippen molar-refractivity contribution in [3.8, 4) is 0 Å². The number of benzene rings is 1. The second-order valence-corrected chi connectivity index (χ2v) is 8.14. The molecule has 0 amide bonds. The summed E-state index contributed by atoms with van der Waals surface area (Å²) in [5.41, 5.74) is 3.41. The van der Waals surface area contributed by atoms with Crippen LogP contribution in [-0.4, -0.2) is 11.8 Å². The predicted molar refractivity (Wildman–Crippen MR) is 80.1 cm³/mol. The number of nitrogens with one attached hydrogen (secondary N) is 1. The lowest BCUT2D eigenvalue weighted by Gasteiger charge is -2.48. The largest absolute Gasteiger partial charge is 0.299 e. The van der Waals surface area contributed by atoms with Gasteiger partial charge in [-0.15, -0.1) is 11.8 Å². The molecule has 0 aromatic heterocycles. The molecule has 2 heteroatoms. The monoisotopic (exact) mass is 261 g/mol. The first kappa shape index (κ1) is 12.6. The number of fused-ring (bicyclic) bond motifs is 2. The van der Waals surface area contributed by atoms with E-state index in [1.54, 1.807) is 5.56 Å². The summed E-state index contributed by atoms with van der Waals surface area (Å²) in [6, 6.07) is 9.06. The minimum atomic E-state index is 0.184. The minimum absolute atomic E-state index is 0.184. The molecule has 2 atom stereocenters. The second-order valence-electron chi connectivity index (χ2n) is 6.40. The van der Waals surface area contributed by atoms with Crippen molar-refractivity contribution in [2.45, 2.75) is 55.6 Å². The highest BCUT2D eigenvalue weighted by atomic mass is 32.2. The maximum absolute atomic E-state index is 3.82. The topological polar surface area (TPSA) is 12.0 Å². The van der Waals surface area contributed by atoms with Gasteiger partial charge in [-0.1, -0.05) is 45.0 Å². The molecule has 1 nitrogen and oxygen atoms in total. The summed E-state index contributed by atoms with van der Waals surface area (Å²) in [7, 11) is 0. The fraction of sp³-hybridized carbons (Fsp3) is 0.625. The third-order valence-electron chi connectivity index (χ3n) is 4.56. The highest BCUT2D eigenvalue weighted by molar-refractivity contribution is 8.00. The molecule has 18 heavy (non-hydrogen) atoms. The molecule has 98 valence electrons. The summed E-state index contributed by atoms with van der Waals surface area (Å²) >= 11 is 2.14. The highest BCUT2D eigenvalue weighted by Gasteiger charge is 2.44. The predicted octanol–water partition coefficient (Wildman–Crippen LogP) is 4.03. The first-order valence-corrected chi connectivity index (χ1v) is 7.94. The Bertz CT molecular complexity index is 454. The van der Waals surface area contributed by atoms with Gasteiger partial charge < -0.3 is 0 Å². The molecule has 2 aliphatic rings. The SMILES string of the molecule is CC1CCNC2(CCC(C)(C)c3ccccc32)S1. The number of hydrogen-bond acceptors (Lipinski definition) is 2. The maximum Gasteiger partial charge on any atom is 0.0907 e. The molecule has 0 radical (unpaired) electrons. The molecule has 1 spiro atoms. The molecule has 3 rings (SSSR count). The van der Waals surface area contributed by atoms with E-state index in [0.29, 0.717) is 5.41 Å². The summed E-state index contributed by atoms with van der Waals surface area (Å²) < 4.78 is 0. The quantitative estimate of drug-likeness (QED) is 0.757. The Balaban J connectivity index is 2.09. The Hall–Kier alpha value is -0.470. The van der Waals surface area contributed by atoms with Gasteiger partial charge in [-0.2, -0.15) is 0 Å². The van der Waals surface area contributed by atoms with Crippen LogP contribution in [0.1, 0.15) is 51.2 Å². The van der Waals surface area contributed by atoms with Crippen LogP contribution in [0, 0.1) is 0 Å². The lowest BCUT2D eigenvalue weighted by Crippen LogP contribution is -2.49. The third kappa shape index (κ3) is 1.90. The van der Waals surface area contributed by atoms with Crippen LogP contribution < -0.4 is 5.32 Å². The molecule has 1 N–H and O–H groups in total. The van der Waals surface area contributed by atoms with Gasteiger partial charge in [-0.05, 0) is 42.3 Å². The van der Waals surface area contributed by atoms with E-state index in [0.717, 1.165) is 11.8 Å². The lowest BCUT2D eigenvalue weighted by molar-refractivity contribution is 0.322. The van der Waals surface area contributed by atoms with E-state index in [9.17, 15) is 0 Å². The molecule has 1 fully saturated rings. The number of rotatable bonds is 0. The molecule has 1 saturated heterocycles. The number of hydrogen-bond donors (Lipinski definition) is 1. The zero-order valence-corrected chi connectivity index (χ0v) is 12.4. The van der Waals surface area contributed by atoms with Crippen LogP contribution in [0.4, 0.5) is 0 Å². The lowest BCUT2D eigenvalue weighted by atomic mass is 9.70. The van der Waals surface area contributed by atoms with Crippen molar-refractivity contribution in [2.24, 2.45) is 0 Å². The summed E-state index contributed by atoms with van der Waals surface area (Å²) in [5, 5.41) is 4.59. The Morgan fingerprint density at radius 3 is 2.61 bits per heavy atom. The fourth-order valence-electron chi connectivity index (χ4n) is 3.41. The van der Waals surface area contributed by atoms with Gasteiger partial charge in [0.05, 0.1) is 4.87 Å². The van der Waals surface area contributed by atoms with Crippen molar-refractivity contribution in [1.82, 2.24) is 5.32 Å². The zero-order valence-electron chi connectivity index (χ0n) is 11.6. The molecule has 1 aliphatic carbocycles. The molecular weight excluding hydrogens is 238 g/mol. The third-order valence-corrected chi connectivity index (χ3v) is 6.17. The Labute approximate surface area is 115 Å². The molecule has 0 saturated carbocycles. The second kappa shape index (κ2) is 4.28. The van der Waals surface area contributed by atoms with E-state index in [1.165, 1.54) is 24.8 Å². The van der Waals surface area contributed by atoms with E-state index >= 15 is 0 Å². The molecule has 1 aromatic carbocycles. The smallest absolute Gasteiger partial charge is 0.0907 e. The van der Waals surface area contributed by atoms with Crippen LogP contribution >= 0.6 is 11.8 Å². The Morgan fingerprint density at radius 2 is 1.89 bits per heavy atom. The molecule has 1 aromatic rings. The average molecular weight is 261 g/mol. The first-order valence-electron chi connectivity index (χ1n) is 7.06. The average Bonchev–Trinajstić information content (AvgIpc) is 2.36. The highest BCUT2D eigenvalue weighted by Crippen LogP contribution is 2.52.